The normalized spacial score (nSPS) is 26.7. The van der Waals surface area contributed by atoms with Gasteiger partial charge in [-0.15, -0.1) is 0 Å². The average molecular weight is 246 g/mol. The molecule has 0 aromatic heterocycles. The molecular formula is C14H18N2O2. The number of nitrogens with zero attached hydrogens (tertiary/aromatic N) is 1. The van der Waals surface area contributed by atoms with Gasteiger partial charge >= 0.3 is 6.03 Å². The van der Waals surface area contributed by atoms with Crippen LogP contribution in [-0.4, -0.2) is 25.2 Å². The smallest absolute Gasteiger partial charge is 0.322 e. The lowest BCUT2D eigenvalue weighted by molar-refractivity contribution is 0.250. The fourth-order valence-electron chi connectivity index (χ4n) is 3.02. The first kappa shape index (κ1) is 11.4. The molecule has 3 rings (SSSR count). The van der Waals surface area contributed by atoms with Gasteiger partial charge < -0.3 is 10.1 Å². The van der Waals surface area contributed by atoms with Crippen LogP contribution in [0.1, 0.15) is 25.7 Å². The van der Waals surface area contributed by atoms with Crippen LogP contribution in [-0.2, 0) is 0 Å². The van der Waals surface area contributed by atoms with Gasteiger partial charge in [-0.3, -0.25) is 4.90 Å². The molecule has 0 unspecified atom stereocenters. The van der Waals surface area contributed by atoms with Gasteiger partial charge in [0, 0.05) is 5.69 Å². The standard InChI is InChI=1S/C14H18N2O2/c1-18-11-8-6-10(7-9-11)16-13-5-3-2-4-12(13)15-14(16)17/h6-9,12-13H,2-5H2,1H3,(H,15,17)/t12-,13-/m1/s1. The molecule has 96 valence electrons. The third-order valence-corrected chi connectivity index (χ3v) is 3.94. The molecule has 4 heteroatoms. The number of fused-ring (bicyclic) bond motifs is 1. The van der Waals surface area contributed by atoms with Crippen LogP contribution in [0.5, 0.6) is 5.75 Å². The number of nitrogens with one attached hydrogen (secondary N) is 1. The number of ether oxygens (including phenoxy) is 1. The maximum absolute atomic E-state index is 12.1. The summed E-state index contributed by atoms with van der Waals surface area (Å²) >= 11 is 0. The predicted octanol–water partition coefficient (Wildman–Crippen LogP) is 2.54. The molecule has 1 aliphatic heterocycles. The summed E-state index contributed by atoms with van der Waals surface area (Å²) in [5.74, 6) is 0.818. The Morgan fingerprint density at radius 2 is 1.94 bits per heavy atom. The molecule has 2 amide bonds. The van der Waals surface area contributed by atoms with E-state index >= 15 is 0 Å². The first-order valence-corrected chi connectivity index (χ1v) is 6.53. The van der Waals surface area contributed by atoms with Crippen molar-refractivity contribution in [3.8, 4) is 5.75 Å². The average Bonchev–Trinajstić information content (AvgIpc) is 2.75. The van der Waals surface area contributed by atoms with Crippen LogP contribution in [0.25, 0.3) is 0 Å². The zero-order valence-corrected chi connectivity index (χ0v) is 10.6. The fourth-order valence-corrected chi connectivity index (χ4v) is 3.02. The van der Waals surface area contributed by atoms with Crippen molar-refractivity contribution in [3.63, 3.8) is 0 Å². The first-order chi connectivity index (χ1) is 8.79. The van der Waals surface area contributed by atoms with Crippen molar-refractivity contribution >= 4 is 11.7 Å². The minimum absolute atomic E-state index is 0.0390. The molecule has 0 bridgehead atoms. The lowest BCUT2D eigenvalue weighted by Gasteiger charge is -2.29. The van der Waals surface area contributed by atoms with E-state index in [9.17, 15) is 4.79 Å². The number of methoxy groups -OCH3 is 1. The van der Waals surface area contributed by atoms with Crippen LogP contribution in [0.3, 0.4) is 0 Å². The quantitative estimate of drug-likeness (QED) is 0.871. The number of amides is 2. The van der Waals surface area contributed by atoms with Gasteiger partial charge in [0.15, 0.2) is 0 Å². The number of rotatable bonds is 2. The predicted molar refractivity (Wildman–Crippen MR) is 70.0 cm³/mol. The van der Waals surface area contributed by atoms with Crippen molar-refractivity contribution in [2.24, 2.45) is 0 Å². The van der Waals surface area contributed by atoms with Crippen molar-refractivity contribution in [1.82, 2.24) is 5.32 Å². The van der Waals surface area contributed by atoms with E-state index in [1.54, 1.807) is 7.11 Å². The molecule has 2 aliphatic rings. The second kappa shape index (κ2) is 4.52. The van der Waals surface area contributed by atoms with E-state index in [4.69, 9.17) is 4.74 Å². The zero-order chi connectivity index (χ0) is 12.5. The second-order valence-electron chi connectivity index (χ2n) is 4.98. The van der Waals surface area contributed by atoms with Gasteiger partial charge in [-0.2, -0.15) is 0 Å². The Kier molecular flexibility index (Phi) is 2.86. The van der Waals surface area contributed by atoms with Crippen LogP contribution in [0, 0.1) is 0 Å². The second-order valence-corrected chi connectivity index (χ2v) is 4.98. The van der Waals surface area contributed by atoms with Crippen molar-refractivity contribution in [2.75, 3.05) is 12.0 Å². The Balaban J connectivity index is 1.87. The molecule has 2 atom stereocenters. The zero-order valence-electron chi connectivity index (χ0n) is 10.6. The Hall–Kier alpha value is -1.71. The summed E-state index contributed by atoms with van der Waals surface area (Å²) in [6.45, 7) is 0. The number of hydrogen-bond acceptors (Lipinski definition) is 2. The third-order valence-electron chi connectivity index (χ3n) is 3.94. The number of hydrogen-bond donors (Lipinski definition) is 1. The van der Waals surface area contributed by atoms with Crippen molar-refractivity contribution < 1.29 is 9.53 Å². The molecule has 1 N–H and O–H groups in total. The lowest BCUT2D eigenvalue weighted by Crippen LogP contribution is -2.39. The Morgan fingerprint density at radius 3 is 2.67 bits per heavy atom. The molecule has 4 nitrogen and oxygen atoms in total. The molecule has 0 radical (unpaired) electrons. The first-order valence-electron chi connectivity index (χ1n) is 6.53. The van der Waals surface area contributed by atoms with Gasteiger partial charge in [-0.1, -0.05) is 12.8 Å². The summed E-state index contributed by atoms with van der Waals surface area (Å²) < 4.78 is 5.15. The minimum atomic E-state index is 0.0390. The molecule has 1 aromatic rings. The Labute approximate surface area is 107 Å². The molecule has 1 aliphatic carbocycles. The van der Waals surface area contributed by atoms with E-state index in [1.807, 2.05) is 29.2 Å². The van der Waals surface area contributed by atoms with Gasteiger partial charge in [-0.05, 0) is 37.1 Å². The molecule has 2 fully saturated rings. The summed E-state index contributed by atoms with van der Waals surface area (Å²) in [5.41, 5.74) is 0.961. The highest BCUT2D eigenvalue weighted by Gasteiger charge is 2.41. The molecular weight excluding hydrogens is 228 g/mol. The highest BCUT2D eigenvalue weighted by atomic mass is 16.5. The van der Waals surface area contributed by atoms with Gasteiger partial charge in [0.25, 0.3) is 0 Å². The van der Waals surface area contributed by atoms with Crippen molar-refractivity contribution in [1.29, 1.82) is 0 Å². The Bertz CT molecular complexity index is 444. The van der Waals surface area contributed by atoms with Crippen LogP contribution in [0.4, 0.5) is 10.5 Å². The molecule has 0 spiro atoms. The van der Waals surface area contributed by atoms with Crippen molar-refractivity contribution in [2.45, 2.75) is 37.8 Å². The number of carbonyl (C=O) groups excluding carboxylic acids is 1. The highest BCUT2D eigenvalue weighted by Crippen LogP contribution is 2.32. The monoisotopic (exact) mass is 246 g/mol. The number of carbonyl (C=O) groups is 1. The molecule has 1 saturated carbocycles. The van der Waals surface area contributed by atoms with Crippen LogP contribution >= 0.6 is 0 Å². The van der Waals surface area contributed by atoms with E-state index in [-0.39, 0.29) is 6.03 Å². The van der Waals surface area contributed by atoms with E-state index in [2.05, 4.69) is 5.32 Å². The number of benzene rings is 1. The highest BCUT2D eigenvalue weighted by molar-refractivity contribution is 5.95. The summed E-state index contributed by atoms with van der Waals surface area (Å²) in [6, 6.07) is 8.40. The maximum Gasteiger partial charge on any atom is 0.322 e. The fraction of sp³-hybridized carbons (Fsp3) is 0.500. The molecule has 1 heterocycles. The van der Waals surface area contributed by atoms with E-state index in [0.717, 1.165) is 24.3 Å². The molecule has 18 heavy (non-hydrogen) atoms. The van der Waals surface area contributed by atoms with E-state index < -0.39 is 0 Å². The maximum atomic E-state index is 12.1. The van der Waals surface area contributed by atoms with Gasteiger partial charge in [0.2, 0.25) is 0 Å². The van der Waals surface area contributed by atoms with Gasteiger partial charge in [0.1, 0.15) is 5.75 Å². The van der Waals surface area contributed by atoms with Gasteiger partial charge in [0.05, 0.1) is 19.2 Å². The molecule has 1 aromatic carbocycles. The van der Waals surface area contributed by atoms with Crippen LogP contribution in [0.15, 0.2) is 24.3 Å². The lowest BCUT2D eigenvalue weighted by atomic mass is 9.91. The third kappa shape index (κ3) is 1.82. The van der Waals surface area contributed by atoms with Gasteiger partial charge in [-0.25, -0.2) is 4.79 Å². The number of anilines is 1. The largest absolute Gasteiger partial charge is 0.497 e. The topological polar surface area (TPSA) is 41.6 Å². The summed E-state index contributed by atoms with van der Waals surface area (Å²) in [4.78, 5) is 14.0. The minimum Gasteiger partial charge on any atom is -0.497 e. The molecule has 1 saturated heterocycles. The SMILES string of the molecule is COc1ccc(N2C(=O)N[C@@H]3CCCC[C@H]32)cc1. The summed E-state index contributed by atoms with van der Waals surface area (Å²) in [7, 11) is 1.65. The van der Waals surface area contributed by atoms with E-state index in [1.165, 1.54) is 12.8 Å². The Morgan fingerprint density at radius 1 is 1.22 bits per heavy atom. The summed E-state index contributed by atoms with van der Waals surface area (Å²) in [5, 5.41) is 3.09. The van der Waals surface area contributed by atoms with E-state index in [0.29, 0.717) is 12.1 Å². The van der Waals surface area contributed by atoms with Crippen LogP contribution in [0.2, 0.25) is 0 Å². The summed E-state index contributed by atoms with van der Waals surface area (Å²) in [6.07, 6.45) is 4.62. The van der Waals surface area contributed by atoms with Crippen molar-refractivity contribution in [3.05, 3.63) is 24.3 Å². The number of urea groups is 1. The van der Waals surface area contributed by atoms with Crippen LogP contribution < -0.4 is 15.0 Å².